The predicted octanol–water partition coefficient (Wildman–Crippen LogP) is 6.13. The fraction of sp³-hybridized carbons (Fsp3) is 0.154. The lowest BCUT2D eigenvalue weighted by Gasteiger charge is -2.29. The van der Waals surface area contributed by atoms with Gasteiger partial charge in [0.05, 0.1) is 18.8 Å². The van der Waals surface area contributed by atoms with Gasteiger partial charge in [-0.15, -0.1) is 0 Å². The molecular weight excluding hydrogens is 496 g/mol. The molecule has 0 radical (unpaired) electrons. The Labute approximate surface area is 207 Å². The number of aryl methyl sites for hydroxylation is 1. The summed E-state index contributed by atoms with van der Waals surface area (Å²) in [6.07, 6.45) is 1.83. The van der Waals surface area contributed by atoms with Gasteiger partial charge in [-0.25, -0.2) is 0 Å². The zero-order chi connectivity index (χ0) is 22.9. The molecule has 0 amide bonds. The third-order valence-electron chi connectivity index (χ3n) is 5.94. The minimum absolute atomic E-state index is 0.0932. The second kappa shape index (κ2) is 9.00. The first-order chi connectivity index (χ1) is 16.1. The van der Waals surface area contributed by atoms with Crippen LogP contribution in [0.15, 0.2) is 89.5 Å². The van der Waals surface area contributed by atoms with E-state index in [1.807, 2.05) is 48.7 Å². The van der Waals surface area contributed by atoms with Crippen molar-refractivity contribution in [1.29, 1.82) is 0 Å². The number of nitrogens with zero attached hydrogens (tertiary/aromatic N) is 3. The predicted molar refractivity (Wildman–Crippen MR) is 139 cm³/mol. The summed E-state index contributed by atoms with van der Waals surface area (Å²) in [5, 5.41) is 4.22. The molecule has 2 aromatic heterocycles. The van der Waals surface area contributed by atoms with Crippen molar-refractivity contribution in [1.82, 2.24) is 14.9 Å². The Morgan fingerprint density at radius 1 is 0.939 bits per heavy atom. The molecular formula is C26H23BrN4OS. The van der Waals surface area contributed by atoms with Crippen LogP contribution in [0.2, 0.25) is 0 Å². The van der Waals surface area contributed by atoms with Gasteiger partial charge in [-0.3, -0.25) is 4.98 Å². The van der Waals surface area contributed by atoms with E-state index in [-0.39, 0.29) is 12.1 Å². The first-order valence-corrected chi connectivity index (χ1v) is 11.9. The van der Waals surface area contributed by atoms with Crippen LogP contribution >= 0.6 is 28.1 Å². The first kappa shape index (κ1) is 21.7. The number of anilines is 1. The highest BCUT2D eigenvalue weighted by atomic mass is 79.9. The number of benzene rings is 2. The van der Waals surface area contributed by atoms with Gasteiger partial charge in [0.1, 0.15) is 11.8 Å². The minimum atomic E-state index is -0.103. The Kier molecular flexibility index (Phi) is 5.91. The maximum absolute atomic E-state index is 5.86. The average molecular weight is 519 g/mol. The maximum Gasteiger partial charge on any atom is 0.174 e. The van der Waals surface area contributed by atoms with E-state index in [1.165, 1.54) is 0 Å². The van der Waals surface area contributed by atoms with Crippen molar-refractivity contribution in [2.24, 2.45) is 0 Å². The number of halogens is 1. The molecule has 1 aliphatic heterocycles. The number of methoxy groups -OCH3 is 1. The minimum Gasteiger partial charge on any atom is -0.497 e. The Morgan fingerprint density at radius 3 is 2.33 bits per heavy atom. The summed E-state index contributed by atoms with van der Waals surface area (Å²) in [5.41, 5.74) is 5.32. The third kappa shape index (κ3) is 4.03. The smallest absolute Gasteiger partial charge is 0.174 e. The Morgan fingerprint density at radius 2 is 1.67 bits per heavy atom. The van der Waals surface area contributed by atoms with Crippen LogP contribution in [0.25, 0.3) is 5.69 Å². The second-order valence-corrected chi connectivity index (χ2v) is 9.21. The molecule has 4 aromatic rings. The molecule has 1 N–H and O–H groups in total. The number of nitrogens with one attached hydrogen (secondary N) is 1. The van der Waals surface area contributed by atoms with Crippen molar-refractivity contribution < 1.29 is 4.74 Å². The van der Waals surface area contributed by atoms with Crippen molar-refractivity contribution in [3.8, 4) is 11.4 Å². The van der Waals surface area contributed by atoms with Crippen LogP contribution in [-0.4, -0.2) is 21.8 Å². The molecule has 0 aliphatic carbocycles. The molecule has 1 fully saturated rings. The summed E-state index contributed by atoms with van der Waals surface area (Å²) >= 11 is 9.40. The molecule has 0 spiro atoms. The molecule has 1 aliphatic rings. The number of aromatic nitrogens is 2. The summed E-state index contributed by atoms with van der Waals surface area (Å²) < 4.78 is 8.67. The molecule has 1 saturated heterocycles. The third-order valence-corrected chi connectivity index (χ3v) is 6.79. The quantitative estimate of drug-likeness (QED) is 0.322. The highest BCUT2D eigenvalue weighted by Crippen LogP contribution is 2.43. The zero-order valence-corrected chi connectivity index (χ0v) is 20.7. The largest absolute Gasteiger partial charge is 0.497 e. The van der Waals surface area contributed by atoms with Gasteiger partial charge in [0.25, 0.3) is 0 Å². The van der Waals surface area contributed by atoms with Crippen LogP contribution in [0.4, 0.5) is 5.69 Å². The molecule has 3 heterocycles. The molecule has 0 bridgehead atoms. The number of hydrogen-bond acceptors (Lipinski definition) is 3. The molecule has 5 nitrogen and oxygen atoms in total. The number of hydrogen-bond donors (Lipinski definition) is 1. The molecule has 0 saturated carbocycles. The van der Waals surface area contributed by atoms with Crippen molar-refractivity contribution in [2.75, 3.05) is 12.0 Å². The van der Waals surface area contributed by atoms with Gasteiger partial charge in [0.2, 0.25) is 0 Å². The monoisotopic (exact) mass is 518 g/mol. The fourth-order valence-electron chi connectivity index (χ4n) is 4.41. The van der Waals surface area contributed by atoms with Crippen LogP contribution in [-0.2, 0) is 0 Å². The van der Waals surface area contributed by atoms with Gasteiger partial charge in [-0.05, 0) is 91.9 Å². The van der Waals surface area contributed by atoms with E-state index in [1.54, 1.807) is 7.11 Å². The highest BCUT2D eigenvalue weighted by Gasteiger charge is 2.42. The van der Waals surface area contributed by atoms with Gasteiger partial charge in [0, 0.05) is 33.4 Å². The maximum atomic E-state index is 5.86. The van der Waals surface area contributed by atoms with Crippen molar-refractivity contribution >= 4 is 38.9 Å². The van der Waals surface area contributed by atoms with E-state index < -0.39 is 0 Å². The topological polar surface area (TPSA) is 42.3 Å². The van der Waals surface area contributed by atoms with Gasteiger partial charge < -0.3 is 19.5 Å². The summed E-state index contributed by atoms with van der Waals surface area (Å²) in [5.74, 6) is 0.830. The lowest BCUT2D eigenvalue weighted by atomic mass is 10.0. The molecule has 33 heavy (non-hydrogen) atoms. The number of pyridine rings is 1. The van der Waals surface area contributed by atoms with Crippen LogP contribution in [0.3, 0.4) is 0 Å². The molecule has 2 aromatic carbocycles. The van der Waals surface area contributed by atoms with E-state index in [0.29, 0.717) is 5.11 Å². The van der Waals surface area contributed by atoms with E-state index in [0.717, 1.165) is 38.7 Å². The number of rotatable bonds is 5. The lowest BCUT2D eigenvalue weighted by molar-refractivity contribution is 0.414. The summed E-state index contributed by atoms with van der Waals surface area (Å²) in [6, 6.07) is 26.5. The lowest BCUT2D eigenvalue weighted by Crippen LogP contribution is -2.30. The van der Waals surface area contributed by atoms with Crippen LogP contribution in [0, 0.1) is 6.92 Å². The van der Waals surface area contributed by atoms with Crippen molar-refractivity contribution in [3.05, 3.63) is 107 Å². The van der Waals surface area contributed by atoms with Crippen molar-refractivity contribution in [2.45, 2.75) is 19.0 Å². The normalized spacial score (nSPS) is 17.8. The molecule has 166 valence electrons. The number of thiocarbonyl (C=S) groups is 1. The first-order valence-electron chi connectivity index (χ1n) is 10.7. The Hall–Kier alpha value is -3.16. The fourth-order valence-corrected chi connectivity index (χ4v) is 5.02. The zero-order valence-electron chi connectivity index (χ0n) is 18.3. The van der Waals surface area contributed by atoms with Crippen molar-refractivity contribution in [3.63, 3.8) is 0 Å². The van der Waals surface area contributed by atoms with E-state index >= 15 is 0 Å². The second-order valence-electron chi connectivity index (χ2n) is 7.91. The van der Waals surface area contributed by atoms with E-state index in [9.17, 15) is 0 Å². The van der Waals surface area contributed by atoms with Gasteiger partial charge in [-0.1, -0.05) is 22.0 Å². The summed E-state index contributed by atoms with van der Waals surface area (Å²) in [6.45, 7) is 2.12. The Balaban J connectivity index is 1.67. The standard InChI is InChI=1S/C26H23BrN4OS/c1-17-6-15-23(30(17)19-11-13-21(32-2)14-12-19)25-24(22-5-3-4-16-28-22)29-26(33)31(25)20-9-7-18(27)8-10-20/h3-16,24-25H,1-2H3,(H,29,33)/t24-,25-/m0/s1. The Bertz CT molecular complexity index is 1270. The van der Waals surface area contributed by atoms with Crippen LogP contribution in [0.5, 0.6) is 5.75 Å². The van der Waals surface area contributed by atoms with E-state index in [4.69, 9.17) is 17.0 Å². The average Bonchev–Trinajstić information content (AvgIpc) is 3.39. The number of ether oxygens (including phenoxy) is 1. The SMILES string of the molecule is COc1ccc(-n2c(C)ccc2[C@H]2[C@H](c3ccccn3)NC(=S)N2c2ccc(Br)cc2)cc1. The highest BCUT2D eigenvalue weighted by molar-refractivity contribution is 9.10. The van der Waals surface area contributed by atoms with E-state index in [2.05, 4.69) is 79.0 Å². The van der Waals surface area contributed by atoms with Gasteiger partial charge in [0.15, 0.2) is 5.11 Å². The summed E-state index contributed by atoms with van der Waals surface area (Å²) in [7, 11) is 1.68. The van der Waals surface area contributed by atoms with Gasteiger partial charge in [-0.2, -0.15) is 0 Å². The summed E-state index contributed by atoms with van der Waals surface area (Å²) in [4.78, 5) is 6.85. The van der Waals surface area contributed by atoms with Crippen LogP contribution in [0.1, 0.15) is 29.2 Å². The molecule has 0 unspecified atom stereocenters. The molecule has 2 atom stereocenters. The van der Waals surface area contributed by atoms with Gasteiger partial charge >= 0.3 is 0 Å². The molecule has 7 heteroatoms. The molecule has 5 rings (SSSR count). The van der Waals surface area contributed by atoms with Crippen LogP contribution < -0.4 is 15.0 Å².